The normalized spacial score (nSPS) is 12.2. The van der Waals surface area contributed by atoms with Gasteiger partial charge in [0.15, 0.2) is 0 Å². The van der Waals surface area contributed by atoms with Crippen molar-refractivity contribution < 1.29 is 4.79 Å². The van der Waals surface area contributed by atoms with Crippen molar-refractivity contribution in [2.75, 3.05) is 5.75 Å². The molecule has 8 heteroatoms. The van der Waals surface area contributed by atoms with Crippen molar-refractivity contribution in [2.45, 2.75) is 51.7 Å². The molecule has 0 radical (unpaired) electrons. The third-order valence-electron chi connectivity index (χ3n) is 3.28. The van der Waals surface area contributed by atoms with Gasteiger partial charge in [0.25, 0.3) is 0 Å². The van der Waals surface area contributed by atoms with E-state index in [1.165, 1.54) is 11.8 Å². The van der Waals surface area contributed by atoms with Crippen LogP contribution in [0.5, 0.6) is 0 Å². The van der Waals surface area contributed by atoms with Crippen molar-refractivity contribution in [2.24, 2.45) is 5.41 Å². The van der Waals surface area contributed by atoms with Crippen LogP contribution in [0.15, 0.2) is 29.4 Å². The Labute approximate surface area is 157 Å². The van der Waals surface area contributed by atoms with Gasteiger partial charge >= 0.3 is 0 Å². The van der Waals surface area contributed by atoms with Gasteiger partial charge in [-0.25, -0.2) is 0 Å². The second kappa shape index (κ2) is 7.74. The standard InChI is InChI=1S/C17H24ClN5OS/c1-16(2,3)11-17(4,5)19-14(24)10-25-15-20-21-22-23(15)13-8-6-7-12(18)9-13/h6-9H,10-11H2,1-5H3,(H,19,24). The Hall–Kier alpha value is -1.60. The average Bonchev–Trinajstić information content (AvgIpc) is 2.90. The van der Waals surface area contributed by atoms with Gasteiger partial charge in [-0.15, -0.1) is 5.10 Å². The first-order chi connectivity index (χ1) is 11.6. The summed E-state index contributed by atoms with van der Waals surface area (Å²) in [7, 11) is 0. The number of hydrogen-bond acceptors (Lipinski definition) is 5. The minimum absolute atomic E-state index is 0.0418. The topological polar surface area (TPSA) is 72.7 Å². The fourth-order valence-electron chi connectivity index (χ4n) is 2.95. The number of halogens is 1. The first-order valence-electron chi connectivity index (χ1n) is 8.04. The van der Waals surface area contributed by atoms with Crippen LogP contribution < -0.4 is 5.32 Å². The fourth-order valence-corrected chi connectivity index (χ4v) is 3.83. The zero-order valence-corrected chi connectivity index (χ0v) is 16.8. The quantitative estimate of drug-likeness (QED) is 0.771. The van der Waals surface area contributed by atoms with Crippen LogP contribution in [0.3, 0.4) is 0 Å². The molecule has 0 fully saturated rings. The van der Waals surface area contributed by atoms with Crippen LogP contribution in [-0.4, -0.2) is 37.4 Å². The molecule has 1 aromatic carbocycles. The van der Waals surface area contributed by atoms with E-state index in [-0.39, 0.29) is 22.6 Å². The van der Waals surface area contributed by atoms with Gasteiger partial charge in [-0.05, 0) is 54.3 Å². The number of benzene rings is 1. The van der Waals surface area contributed by atoms with Crippen molar-refractivity contribution in [1.29, 1.82) is 0 Å². The monoisotopic (exact) mass is 381 g/mol. The predicted octanol–water partition coefficient (Wildman–Crippen LogP) is 3.74. The SMILES string of the molecule is CC(C)(C)CC(C)(C)NC(=O)CSc1nnnn1-c1cccc(Cl)c1. The smallest absolute Gasteiger partial charge is 0.230 e. The summed E-state index contributed by atoms with van der Waals surface area (Å²) in [5, 5.41) is 15.9. The maximum absolute atomic E-state index is 12.3. The molecular weight excluding hydrogens is 358 g/mol. The molecule has 0 bridgehead atoms. The van der Waals surface area contributed by atoms with Crippen LogP contribution in [0.1, 0.15) is 41.0 Å². The third-order valence-corrected chi connectivity index (χ3v) is 4.43. The molecule has 0 aliphatic heterocycles. The molecule has 1 aromatic heterocycles. The first kappa shape index (κ1) is 19.7. The lowest BCUT2D eigenvalue weighted by atomic mass is 9.82. The van der Waals surface area contributed by atoms with Crippen LogP contribution in [0.25, 0.3) is 5.69 Å². The minimum atomic E-state index is -0.269. The van der Waals surface area contributed by atoms with Crippen molar-refractivity contribution in [3.05, 3.63) is 29.3 Å². The van der Waals surface area contributed by atoms with Crippen molar-refractivity contribution >= 4 is 29.3 Å². The highest BCUT2D eigenvalue weighted by molar-refractivity contribution is 7.99. The molecule has 136 valence electrons. The Morgan fingerprint density at radius 2 is 2.00 bits per heavy atom. The summed E-state index contributed by atoms with van der Waals surface area (Å²) in [5.41, 5.74) is 0.628. The summed E-state index contributed by atoms with van der Waals surface area (Å²) >= 11 is 7.31. The molecule has 0 spiro atoms. The molecule has 0 aliphatic carbocycles. The van der Waals surface area contributed by atoms with Gasteiger partial charge in [0.2, 0.25) is 11.1 Å². The van der Waals surface area contributed by atoms with E-state index in [1.54, 1.807) is 16.8 Å². The summed E-state index contributed by atoms with van der Waals surface area (Å²) in [6.07, 6.45) is 0.886. The lowest BCUT2D eigenvalue weighted by Crippen LogP contribution is -2.46. The maximum atomic E-state index is 12.3. The molecule has 0 atom stereocenters. The van der Waals surface area contributed by atoms with Crippen molar-refractivity contribution in [3.8, 4) is 5.69 Å². The van der Waals surface area contributed by atoms with Crippen LogP contribution >= 0.6 is 23.4 Å². The summed E-state index contributed by atoms with van der Waals surface area (Å²) in [6.45, 7) is 10.6. The molecule has 25 heavy (non-hydrogen) atoms. The molecule has 2 aromatic rings. The lowest BCUT2D eigenvalue weighted by Gasteiger charge is -2.33. The Morgan fingerprint density at radius 1 is 1.28 bits per heavy atom. The number of rotatable bonds is 6. The number of carbonyl (C=O) groups excluding carboxylic acids is 1. The van der Waals surface area contributed by atoms with Gasteiger partial charge in [0.05, 0.1) is 11.4 Å². The Kier molecular flexibility index (Phi) is 6.11. The zero-order chi connectivity index (χ0) is 18.7. The minimum Gasteiger partial charge on any atom is -0.350 e. The van der Waals surface area contributed by atoms with Crippen LogP contribution in [0.2, 0.25) is 5.02 Å². The Balaban J connectivity index is 1.98. The van der Waals surface area contributed by atoms with Crippen molar-refractivity contribution in [3.63, 3.8) is 0 Å². The number of aromatic nitrogens is 4. The highest BCUT2D eigenvalue weighted by atomic mass is 35.5. The molecule has 1 heterocycles. The molecule has 6 nitrogen and oxygen atoms in total. The zero-order valence-electron chi connectivity index (χ0n) is 15.2. The fraction of sp³-hybridized carbons (Fsp3) is 0.529. The van der Waals surface area contributed by atoms with E-state index in [9.17, 15) is 4.79 Å². The molecular formula is C17H24ClN5OS. The van der Waals surface area contributed by atoms with Gasteiger partial charge in [-0.2, -0.15) is 4.68 Å². The average molecular weight is 382 g/mol. The number of hydrogen-bond donors (Lipinski definition) is 1. The van der Waals surface area contributed by atoms with Gasteiger partial charge in [-0.3, -0.25) is 4.79 Å². The second-order valence-electron chi connectivity index (χ2n) is 7.81. The van der Waals surface area contributed by atoms with E-state index in [0.717, 1.165) is 12.1 Å². The molecule has 0 saturated carbocycles. The summed E-state index contributed by atoms with van der Waals surface area (Å²) in [4.78, 5) is 12.3. The highest BCUT2D eigenvalue weighted by Crippen LogP contribution is 2.27. The summed E-state index contributed by atoms with van der Waals surface area (Å²) in [6, 6.07) is 7.25. The number of tetrazole rings is 1. The van der Waals surface area contributed by atoms with E-state index in [4.69, 9.17) is 11.6 Å². The van der Waals surface area contributed by atoms with Crippen LogP contribution in [-0.2, 0) is 4.79 Å². The third kappa shape index (κ3) is 6.32. The summed E-state index contributed by atoms with van der Waals surface area (Å²) < 4.78 is 1.57. The van der Waals surface area contributed by atoms with E-state index < -0.39 is 0 Å². The molecule has 1 amide bonds. The molecule has 1 N–H and O–H groups in total. The van der Waals surface area contributed by atoms with E-state index in [0.29, 0.717) is 10.2 Å². The van der Waals surface area contributed by atoms with E-state index >= 15 is 0 Å². The predicted molar refractivity (Wildman–Crippen MR) is 101 cm³/mol. The molecule has 0 saturated heterocycles. The maximum Gasteiger partial charge on any atom is 0.230 e. The number of nitrogens with one attached hydrogen (secondary N) is 1. The number of carbonyl (C=O) groups is 1. The number of amides is 1. The van der Waals surface area contributed by atoms with Gasteiger partial charge in [0, 0.05) is 10.6 Å². The number of thioether (sulfide) groups is 1. The van der Waals surface area contributed by atoms with Crippen molar-refractivity contribution in [1.82, 2.24) is 25.5 Å². The van der Waals surface area contributed by atoms with E-state index in [1.807, 2.05) is 26.0 Å². The molecule has 0 aliphatic rings. The van der Waals surface area contributed by atoms with Crippen LogP contribution in [0.4, 0.5) is 0 Å². The largest absolute Gasteiger partial charge is 0.350 e. The second-order valence-corrected chi connectivity index (χ2v) is 9.19. The van der Waals surface area contributed by atoms with Gasteiger partial charge < -0.3 is 5.32 Å². The Bertz CT molecular complexity index is 739. The lowest BCUT2D eigenvalue weighted by molar-refractivity contribution is -0.120. The summed E-state index contributed by atoms with van der Waals surface area (Å²) in [5.74, 6) is 0.203. The molecule has 0 unspecified atom stereocenters. The highest BCUT2D eigenvalue weighted by Gasteiger charge is 2.27. The van der Waals surface area contributed by atoms with Crippen LogP contribution in [0, 0.1) is 5.41 Å². The first-order valence-corrected chi connectivity index (χ1v) is 9.40. The van der Waals surface area contributed by atoms with E-state index in [2.05, 4.69) is 41.6 Å². The molecule has 2 rings (SSSR count). The van der Waals surface area contributed by atoms with Gasteiger partial charge in [-0.1, -0.05) is 50.2 Å². The van der Waals surface area contributed by atoms with Gasteiger partial charge in [0.1, 0.15) is 0 Å². The number of nitrogens with zero attached hydrogens (tertiary/aromatic N) is 4. The Morgan fingerprint density at radius 3 is 2.64 bits per heavy atom.